The van der Waals surface area contributed by atoms with Gasteiger partial charge >= 0.3 is 0 Å². The number of hydrogen-bond acceptors (Lipinski definition) is 8. The number of hydrogen-bond donors (Lipinski definition) is 3. The Balaban J connectivity index is 1.23. The second kappa shape index (κ2) is 10.7. The summed E-state index contributed by atoms with van der Waals surface area (Å²) in [5, 5.41) is 10.3. The Bertz CT molecular complexity index is 1360. The van der Waals surface area contributed by atoms with Crippen LogP contribution in [0.1, 0.15) is 35.2 Å². The van der Waals surface area contributed by atoms with Crippen molar-refractivity contribution >= 4 is 28.4 Å². The molecule has 0 spiro atoms. The van der Waals surface area contributed by atoms with Gasteiger partial charge in [0.1, 0.15) is 18.0 Å². The molecule has 9 nitrogen and oxygen atoms in total. The molecule has 5 rings (SSSR count). The molecule has 1 amide bonds. The number of aromatic nitrogens is 4. The van der Waals surface area contributed by atoms with Crippen molar-refractivity contribution in [1.82, 2.24) is 25.3 Å². The Hall–Kier alpha value is -4.11. The van der Waals surface area contributed by atoms with E-state index >= 15 is 0 Å². The van der Waals surface area contributed by atoms with Crippen LogP contribution in [0, 0.1) is 0 Å². The van der Waals surface area contributed by atoms with E-state index in [0.717, 1.165) is 65.5 Å². The maximum absolute atomic E-state index is 12.3. The molecule has 1 aromatic carbocycles. The lowest BCUT2D eigenvalue weighted by atomic mass is 9.94. The molecule has 4 heterocycles. The molecule has 1 fully saturated rings. The van der Waals surface area contributed by atoms with Gasteiger partial charge in [0.25, 0.3) is 5.91 Å². The molecule has 3 N–H and O–H groups in total. The molecule has 36 heavy (non-hydrogen) atoms. The molecule has 3 aromatic heterocycles. The molecule has 1 aliphatic rings. The summed E-state index contributed by atoms with van der Waals surface area (Å²) in [7, 11) is 1.64. The minimum atomic E-state index is -0.109. The van der Waals surface area contributed by atoms with Crippen LogP contribution in [0.2, 0.25) is 0 Å². The van der Waals surface area contributed by atoms with Crippen LogP contribution in [0.4, 0.5) is 11.6 Å². The first kappa shape index (κ1) is 23.6. The molecular weight excluding hydrogens is 454 g/mol. The summed E-state index contributed by atoms with van der Waals surface area (Å²) in [5.41, 5.74) is 4.37. The Kier molecular flexibility index (Phi) is 6.99. The highest BCUT2D eigenvalue weighted by atomic mass is 16.5. The van der Waals surface area contributed by atoms with E-state index in [1.54, 1.807) is 25.6 Å². The van der Waals surface area contributed by atoms with Gasteiger partial charge in [-0.05, 0) is 36.1 Å². The number of nitrogens with zero attached hydrogens (tertiary/aromatic N) is 4. The molecule has 184 valence electrons. The normalized spacial score (nSPS) is 14.2. The van der Waals surface area contributed by atoms with E-state index in [1.807, 2.05) is 36.5 Å². The average Bonchev–Trinajstić information content (AvgIpc) is 2.90. The third-order valence-electron chi connectivity index (χ3n) is 6.40. The third-order valence-corrected chi connectivity index (χ3v) is 6.40. The summed E-state index contributed by atoms with van der Waals surface area (Å²) in [6, 6.07) is 14.0. The number of anilines is 2. The molecule has 0 radical (unpaired) electrons. The Morgan fingerprint density at radius 2 is 1.97 bits per heavy atom. The second-order valence-corrected chi connectivity index (χ2v) is 8.90. The van der Waals surface area contributed by atoms with Crippen molar-refractivity contribution in [2.45, 2.75) is 25.3 Å². The first-order valence-corrected chi connectivity index (χ1v) is 12.1. The number of ether oxygens (including phenoxy) is 1. The van der Waals surface area contributed by atoms with Gasteiger partial charge in [-0.2, -0.15) is 0 Å². The zero-order valence-corrected chi connectivity index (χ0v) is 20.4. The van der Waals surface area contributed by atoms with E-state index in [0.29, 0.717) is 11.6 Å². The fraction of sp³-hybridized carbons (Fsp3) is 0.296. The zero-order chi connectivity index (χ0) is 24.9. The van der Waals surface area contributed by atoms with Crippen molar-refractivity contribution in [2.24, 2.45) is 0 Å². The highest BCUT2D eigenvalue weighted by molar-refractivity contribution is 6.06. The smallest absolute Gasteiger partial charge is 0.251 e. The van der Waals surface area contributed by atoms with E-state index in [-0.39, 0.29) is 11.8 Å². The van der Waals surface area contributed by atoms with Crippen LogP contribution >= 0.6 is 0 Å². The van der Waals surface area contributed by atoms with Crippen LogP contribution in [0.3, 0.4) is 0 Å². The Morgan fingerprint density at radius 3 is 2.72 bits per heavy atom. The number of fused-ring (bicyclic) bond motifs is 1. The lowest BCUT2D eigenvalue weighted by molar-refractivity contribution is 0.0209. The largest absolute Gasteiger partial charge is 0.377 e. The second-order valence-electron chi connectivity index (χ2n) is 8.90. The quantitative estimate of drug-likeness (QED) is 0.329. The summed E-state index contributed by atoms with van der Waals surface area (Å²) < 4.78 is 5.19. The van der Waals surface area contributed by atoms with Gasteiger partial charge in [0.15, 0.2) is 0 Å². The molecule has 1 aliphatic heterocycles. The van der Waals surface area contributed by atoms with Crippen LogP contribution in [0.5, 0.6) is 0 Å². The summed E-state index contributed by atoms with van der Waals surface area (Å²) in [6.45, 7) is 4.34. The zero-order valence-electron chi connectivity index (χ0n) is 20.4. The van der Waals surface area contributed by atoms with Gasteiger partial charge < -0.3 is 20.7 Å². The van der Waals surface area contributed by atoms with Gasteiger partial charge in [-0.1, -0.05) is 25.1 Å². The maximum atomic E-state index is 12.3. The van der Waals surface area contributed by atoms with Gasteiger partial charge in [0.05, 0.1) is 36.0 Å². The first-order chi connectivity index (χ1) is 17.6. The lowest BCUT2D eigenvalue weighted by Crippen LogP contribution is -2.40. The number of carbonyl (C=O) groups excluding carboxylic acids is 1. The highest BCUT2D eigenvalue weighted by Crippen LogP contribution is 2.28. The molecule has 0 bridgehead atoms. The van der Waals surface area contributed by atoms with Crippen molar-refractivity contribution in [3.63, 3.8) is 0 Å². The predicted molar refractivity (Wildman–Crippen MR) is 140 cm³/mol. The standard InChI is InChI=1S/C27H29N7O2/c1-17(20-4-3-5-21-22(27(35)28-2)9-11-30-26(20)21)8-10-29-25-12-23(32-16-33-25)18-6-7-24(31-13-18)34-19-14-36-15-19/h3-7,9,11-13,16-17,19H,8,10,14-15H2,1-2H3,(H,28,35)(H,31,34)(H,29,32,33). The number of para-hydroxylation sites is 1. The molecule has 0 aliphatic carbocycles. The topological polar surface area (TPSA) is 114 Å². The first-order valence-electron chi connectivity index (χ1n) is 12.1. The van der Waals surface area contributed by atoms with E-state index < -0.39 is 0 Å². The fourth-order valence-corrected chi connectivity index (χ4v) is 4.27. The summed E-state index contributed by atoms with van der Waals surface area (Å²) >= 11 is 0. The minimum absolute atomic E-state index is 0.109. The predicted octanol–water partition coefficient (Wildman–Crippen LogP) is 3.86. The van der Waals surface area contributed by atoms with Crippen LogP contribution in [0.15, 0.2) is 61.2 Å². The van der Waals surface area contributed by atoms with E-state index in [2.05, 4.69) is 48.9 Å². The van der Waals surface area contributed by atoms with E-state index in [1.165, 1.54) is 0 Å². The number of amides is 1. The average molecular weight is 484 g/mol. The monoisotopic (exact) mass is 483 g/mol. The van der Waals surface area contributed by atoms with E-state index in [9.17, 15) is 4.79 Å². The number of benzene rings is 1. The molecule has 9 heteroatoms. The van der Waals surface area contributed by atoms with Crippen molar-refractivity contribution in [2.75, 3.05) is 37.4 Å². The highest BCUT2D eigenvalue weighted by Gasteiger charge is 2.18. The van der Waals surface area contributed by atoms with Crippen molar-refractivity contribution < 1.29 is 9.53 Å². The molecule has 0 saturated carbocycles. The van der Waals surface area contributed by atoms with Crippen molar-refractivity contribution in [1.29, 1.82) is 0 Å². The Labute approximate surface area is 209 Å². The van der Waals surface area contributed by atoms with Crippen molar-refractivity contribution in [3.8, 4) is 11.3 Å². The van der Waals surface area contributed by atoms with Crippen LogP contribution < -0.4 is 16.0 Å². The Morgan fingerprint density at radius 1 is 1.08 bits per heavy atom. The van der Waals surface area contributed by atoms with Gasteiger partial charge in [0, 0.05) is 43.0 Å². The fourth-order valence-electron chi connectivity index (χ4n) is 4.27. The number of carbonyl (C=O) groups is 1. The minimum Gasteiger partial charge on any atom is -0.377 e. The molecule has 4 aromatic rings. The molecular formula is C27H29N7O2. The van der Waals surface area contributed by atoms with Crippen LogP contribution in [0.25, 0.3) is 22.2 Å². The van der Waals surface area contributed by atoms with Crippen LogP contribution in [-0.4, -0.2) is 58.7 Å². The summed E-state index contributed by atoms with van der Waals surface area (Å²) in [5.74, 6) is 1.72. The molecule has 1 atom stereocenters. The summed E-state index contributed by atoms with van der Waals surface area (Å²) in [6.07, 6.45) is 5.95. The SMILES string of the molecule is CNC(=O)c1ccnc2c(C(C)CCNc3cc(-c4ccc(NC5COC5)nc4)ncn3)cccc12. The van der Waals surface area contributed by atoms with Gasteiger partial charge in [-0.3, -0.25) is 9.78 Å². The summed E-state index contributed by atoms with van der Waals surface area (Å²) in [4.78, 5) is 30.1. The maximum Gasteiger partial charge on any atom is 0.251 e. The lowest BCUT2D eigenvalue weighted by Gasteiger charge is -2.27. The number of rotatable bonds is 9. The third kappa shape index (κ3) is 5.11. The molecule has 1 unspecified atom stereocenters. The molecule has 1 saturated heterocycles. The van der Waals surface area contributed by atoms with Crippen LogP contribution in [-0.2, 0) is 4.74 Å². The van der Waals surface area contributed by atoms with Gasteiger partial charge in [0.2, 0.25) is 0 Å². The van der Waals surface area contributed by atoms with Gasteiger partial charge in [-0.25, -0.2) is 15.0 Å². The van der Waals surface area contributed by atoms with Gasteiger partial charge in [-0.15, -0.1) is 0 Å². The van der Waals surface area contributed by atoms with Crippen molar-refractivity contribution in [3.05, 3.63) is 72.3 Å². The van der Waals surface area contributed by atoms with E-state index in [4.69, 9.17) is 4.74 Å². The number of nitrogens with one attached hydrogen (secondary N) is 3. The number of pyridine rings is 2.